The van der Waals surface area contributed by atoms with Crippen LogP contribution in [0.25, 0.3) is 11.4 Å². The van der Waals surface area contributed by atoms with Crippen molar-refractivity contribution in [2.75, 3.05) is 24.6 Å². The van der Waals surface area contributed by atoms with Gasteiger partial charge in [0.05, 0.1) is 12.2 Å². The molecule has 7 nitrogen and oxygen atoms in total. The summed E-state index contributed by atoms with van der Waals surface area (Å²) in [4.78, 5) is 19.0. The van der Waals surface area contributed by atoms with Crippen LogP contribution in [0.15, 0.2) is 53.1 Å². The summed E-state index contributed by atoms with van der Waals surface area (Å²) >= 11 is 0. The molecule has 10 heteroatoms. The van der Waals surface area contributed by atoms with Gasteiger partial charge in [-0.2, -0.15) is 18.2 Å². The highest BCUT2D eigenvalue weighted by Gasteiger charge is 2.30. The number of halogens is 3. The Labute approximate surface area is 181 Å². The van der Waals surface area contributed by atoms with E-state index in [2.05, 4.69) is 20.4 Å². The minimum absolute atomic E-state index is 0.0514. The number of aliphatic hydroxyl groups excluding tert-OH is 1. The van der Waals surface area contributed by atoms with Gasteiger partial charge in [0, 0.05) is 29.9 Å². The van der Waals surface area contributed by atoms with Crippen LogP contribution in [0.2, 0.25) is 0 Å². The van der Waals surface area contributed by atoms with Crippen molar-refractivity contribution >= 4 is 11.6 Å². The number of carbonyl (C=O) groups excluding carboxylic acids is 1. The molecule has 0 unspecified atom stereocenters. The molecule has 0 bridgehead atoms. The lowest BCUT2D eigenvalue weighted by atomic mass is 10.1. The first-order valence-corrected chi connectivity index (χ1v) is 10.1. The quantitative estimate of drug-likeness (QED) is 0.598. The zero-order valence-corrected chi connectivity index (χ0v) is 17.0. The highest BCUT2D eigenvalue weighted by atomic mass is 19.4. The zero-order valence-electron chi connectivity index (χ0n) is 17.0. The summed E-state index contributed by atoms with van der Waals surface area (Å²) in [5.74, 6) is -0.424. The SMILES string of the molecule is O=C(N[C@@H](CO)c1nc(-c2ccc(C(F)(F)F)cc2)no1)c1ccc(N2CCCC2)cc1. The number of carbonyl (C=O) groups is 1. The minimum atomic E-state index is -4.44. The number of amides is 1. The van der Waals surface area contributed by atoms with E-state index in [9.17, 15) is 23.1 Å². The molecule has 0 spiro atoms. The maximum absolute atomic E-state index is 12.7. The fraction of sp³-hybridized carbons (Fsp3) is 0.318. The molecule has 1 aromatic heterocycles. The summed E-state index contributed by atoms with van der Waals surface area (Å²) in [6, 6.07) is 10.5. The van der Waals surface area contributed by atoms with Gasteiger partial charge in [-0.15, -0.1) is 0 Å². The second-order valence-electron chi connectivity index (χ2n) is 7.48. The van der Waals surface area contributed by atoms with Crippen molar-refractivity contribution in [2.24, 2.45) is 0 Å². The number of nitrogens with zero attached hydrogens (tertiary/aromatic N) is 3. The number of aromatic nitrogens is 2. The van der Waals surface area contributed by atoms with Crippen LogP contribution in [0.3, 0.4) is 0 Å². The summed E-state index contributed by atoms with van der Waals surface area (Å²) in [6.07, 6.45) is -2.14. The van der Waals surface area contributed by atoms with Crippen LogP contribution in [0, 0.1) is 0 Å². The van der Waals surface area contributed by atoms with Crippen molar-refractivity contribution in [1.82, 2.24) is 15.5 Å². The normalized spacial score (nSPS) is 15.1. The third-order valence-corrected chi connectivity index (χ3v) is 5.30. The largest absolute Gasteiger partial charge is 0.416 e. The average Bonchev–Trinajstić information content (AvgIpc) is 3.49. The highest BCUT2D eigenvalue weighted by molar-refractivity contribution is 5.94. The molecular formula is C22H21F3N4O3. The van der Waals surface area contributed by atoms with Crippen molar-refractivity contribution in [3.05, 3.63) is 65.5 Å². The van der Waals surface area contributed by atoms with E-state index in [1.807, 2.05) is 12.1 Å². The van der Waals surface area contributed by atoms with E-state index in [1.165, 1.54) is 12.1 Å². The van der Waals surface area contributed by atoms with Crippen LogP contribution < -0.4 is 10.2 Å². The maximum atomic E-state index is 12.7. The molecule has 1 fully saturated rings. The van der Waals surface area contributed by atoms with Gasteiger partial charge in [0.15, 0.2) is 0 Å². The van der Waals surface area contributed by atoms with Gasteiger partial charge in [-0.3, -0.25) is 4.79 Å². The third-order valence-electron chi connectivity index (χ3n) is 5.30. The molecule has 2 heterocycles. The van der Waals surface area contributed by atoms with Gasteiger partial charge in [-0.25, -0.2) is 0 Å². The van der Waals surface area contributed by atoms with Gasteiger partial charge >= 0.3 is 6.18 Å². The first-order valence-electron chi connectivity index (χ1n) is 10.1. The molecule has 0 saturated carbocycles. The Balaban J connectivity index is 1.44. The summed E-state index contributed by atoms with van der Waals surface area (Å²) in [5.41, 5.74) is 0.986. The molecule has 0 radical (unpaired) electrons. The van der Waals surface area contributed by atoms with Crippen molar-refractivity contribution in [3.8, 4) is 11.4 Å². The first-order chi connectivity index (χ1) is 15.3. The molecule has 168 valence electrons. The molecular weight excluding hydrogens is 425 g/mol. The Hall–Kier alpha value is -3.40. The Kier molecular flexibility index (Phi) is 6.13. The van der Waals surface area contributed by atoms with Gasteiger partial charge in [-0.1, -0.05) is 17.3 Å². The van der Waals surface area contributed by atoms with Crippen molar-refractivity contribution < 1.29 is 27.6 Å². The maximum Gasteiger partial charge on any atom is 0.416 e. The van der Waals surface area contributed by atoms with Gasteiger partial charge < -0.3 is 19.8 Å². The smallest absolute Gasteiger partial charge is 0.394 e. The van der Waals surface area contributed by atoms with E-state index >= 15 is 0 Å². The van der Waals surface area contributed by atoms with Crippen LogP contribution in [0.4, 0.5) is 18.9 Å². The van der Waals surface area contributed by atoms with Crippen molar-refractivity contribution in [3.63, 3.8) is 0 Å². The number of hydrogen-bond donors (Lipinski definition) is 2. The van der Waals surface area contributed by atoms with E-state index in [0.717, 1.165) is 43.8 Å². The van der Waals surface area contributed by atoms with Crippen molar-refractivity contribution in [2.45, 2.75) is 25.1 Å². The van der Waals surface area contributed by atoms with E-state index in [1.54, 1.807) is 12.1 Å². The van der Waals surface area contributed by atoms with Crippen LogP contribution in [0.1, 0.15) is 40.7 Å². The van der Waals surface area contributed by atoms with E-state index in [4.69, 9.17) is 4.52 Å². The first kappa shape index (κ1) is 21.8. The van der Waals surface area contributed by atoms with Gasteiger partial charge in [0.25, 0.3) is 11.8 Å². The molecule has 1 aliphatic rings. The summed E-state index contributed by atoms with van der Waals surface area (Å²) in [6.45, 7) is 1.50. The van der Waals surface area contributed by atoms with Gasteiger partial charge in [0.2, 0.25) is 5.82 Å². The Morgan fingerprint density at radius 1 is 1.09 bits per heavy atom. The zero-order chi connectivity index (χ0) is 22.7. The molecule has 1 atom stereocenters. The number of anilines is 1. The topological polar surface area (TPSA) is 91.5 Å². The predicted octanol–water partition coefficient (Wildman–Crippen LogP) is 3.82. The molecule has 1 aliphatic heterocycles. The summed E-state index contributed by atoms with van der Waals surface area (Å²) in [5, 5.41) is 16.1. The van der Waals surface area contributed by atoms with E-state index in [-0.39, 0.29) is 11.7 Å². The lowest BCUT2D eigenvalue weighted by Gasteiger charge is -2.18. The number of aliphatic hydroxyl groups is 1. The number of nitrogens with one attached hydrogen (secondary N) is 1. The van der Waals surface area contributed by atoms with Crippen LogP contribution >= 0.6 is 0 Å². The Morgan fingerprint density at radius 2 is 1.75 bits per heavy atom. The van der Waals surface area contributed by atoms with E-state index < -0.39 is 30.3 Å². The van der Waals surface area contributed by atoms with Gasteiger partial charge in [0.1, 0.15) is 6.04 Å². The highest BCUT2D eigenvalue weighted by Crippen LogP contribution is 2.30. The summed E-state index contributed by atoms with van der Waals surface area (Å²) < 4.78 is 43.3. The average molecular weight is 446 g/mol. The Bertz CT molecular complexity index is 1060. The second-order valence-corrected chi connectivity index (χ2v) is 7.48. The number of hydrogen-bond acceptors (Lipinski definition) is 6. The standard InChI is InChI=1S/C22H21F3N4O3/c23-22(24,25)16-7-3-14(4-8-16)19-27-21(32-28-19)18(13-30)26-20(31)15-5-9-17(10-6-15)29-11-1-2-12-29/h3-10,18,30H,1-2,11-13H2,(H,26,31)/t18-/m0/s1. The molecule has 3 aromatic rings. The molecule has 32 heavy (non-hydrogen) atoms. The van der Waals surface area contributed by atoms with Crippen LogP contribution in [-0.2, 0) is 6.18 Å². The predicted molar refractivity (Wildman–Crippen MR) is 110 cm³/mol. The number of alkyl halides is 3. The van der Waals surface area contributed by atoms with Crippen LogP contribution in [-0.4, -0.2) is 40.9 Å². The molecule has 0 aliphatic carbocycles. The lowest BCUT2D eigenvalue weighted by molar-refractivity contribution is -0.137. The van der Waals surface area contributed by atoms with Crippen LogP contribution in [0.5, 0.6) is 0 Å². The minimum Gasteiger partial charge on any atom is -0.394 e. The summed E-state index contributed by atoms with van der Waals surface area (Å²) in [7, 11) is 0. The number of benzene rings is 2. The number of rotatable bonds is 6. The second kappa shape index (κ2) is 8.99. The molecule has 2 N–H and O–H groups in total. The van der Waals surface area contributed by atoms with E-state index in [0.29, 0.717) is 11.1 Å². The third kappa shape index (κ3) is 4.75. The Morgan fingerprint density at radius 3 is 2.34 bits per heavy atom. The van der Waals surface area contributed by atoms with Gasteiger partial charge in [-0.05, 0) is 49.2 Å². The monoisotopic (exact) mass is 446 g/mol. The fourth-order valence-corrected chi connectivity index (χ4v) is 3.53. The fourth-order valence-electron chi connectivity index (χ4n) is 3.53. The van der Waals surface area contributed by atoms with Crippen molar-refractivity contribution in [1.29, 1.82) is 0 Å². The molecule has 2 aromatic carbocycles. The molecule has 4 rings (SSSR count). The lowest BCUT2D eigenvalue weighted by Crippen LogP contribution is -2.31. The molecule has 1 amide bonds. The molecule has 1 saturated heterocycles.